The highest BCUT2D eigenvalue weighted by Gasteiger charge is 2.10. The van der Waals surface area contributed by atoms with Gasteiger partial charge in [0.1, 0.15) is 16.4 Å². The van der Waals surface area contributed by atoms with Gasteiger partial charge in [0.15, 0.2) is 11.6 Å². The van der Waals surface area contributed by atoms with Crippen molar-refractivity contribution >= 4 is 29.1 Å². The molecule has 0 saturated carbocycles. The summed E-state index contributed by atoms with van der Waals surface area (Å²) in [5, 5.41) is 16.5. The van der Waals surface area contributed by atoms with Crippen LogP contribution in [0.1, 0.15) is 11.5 Å². The van der Waals surface area contributed by atoms with Crippen molar-refractivity contribution < 1.29 is 18.1 Å². The van der Waals surface area contributed by atoms with Crippen LogP contribution in [0.2, 0.25) is 0 Å². The molecule has 3 rings (SSSR count). The third-order valence-electron chi connectivity index (χ3n) is 3.07. The van der Waals surface area contributed by atoms with Crippen LogP contribution in [0.3, 0.4) is 0 Å². The van der Waals surface area contributed by atoms with E-state index in [4.69, 9.17) is 4.42 Å². The number of hydrogen-bond acceptors (Lipinski definition) is 6. The molecular formula is C15H10F2N4O3S. The van der Waals surface area contributed by atoms with Crippen molar-refractivity contribution in [3.63, 3.8) is 0 Å². The van der Waals surface area contributed by atoms with Gasteiger partial charge in [-0.25, -0.2) is 18.4 Å². The number of thiazole rings is 1. The van der Waals surface area contributed by atoms with Gasteiger partial charge in [-0.05, 0) is 25.1 Å². The number of nitro groups is 1. The monoisotopic (exact) mass is 364 g/mol. The van der Waals surface area contributed by atoms with Crippen molar-refractivity contribution in [3.05, 3.63) is 73.7 Å². The molecule has 0 bridgehead atoms. The maximum atomic E-state index is 13.7. The lowest BCUT2D eigenvalue weighted by molar-refractivity contribution is -0.402. The van der Waals surface area contributed by atoms with E-state index in [-0.39, 0.29) is 11.4 Å². The first kappa shape index (κ1) is 16.7. The minimum absolute atomic E-state index is 0.0270. The average Bonchev–Trinajstić information content (AvgIpc) is 3.16. The van der Waals surface area contributed by atoms with Crippen LogP contribution in [0.15, 0.2) is 50.2 Å². The lowest BCUT2D eigenvalue weighted by atomic mass is 10.3. The van der Waals surface area contributed by atoms with Gasteiger partial charge in [-0.15, -0.1) is 11.3 Å². The van der Waals surface area contributed by atoms with Crippen LogP contribution in [0, 0.1) is 28.7 Å². The summed E-state index contributed by atoms with van der Waals surface area (Å²) in [4.78, 5) is 14.4. The molecule has 0 aliphatic carbocycles. The molecule has 2 heterocycles. The number of nitrogens with zero attached hydrogens (tertiary/aromatic N) is 4. The maximum Gasteiger partial charge on any atom is 0.433 e. The Morgan fingerprint density at radius 3 is 2.80 bits per heavy atom. The molecule has 7 nitrogen and oxygen atoms in total. The summed E-state index contributed by atoms with van der Waals surface area (Å²) in [7, 11) is 0. The van der Waals surface area contributed by atoms with Gasteiger partial charge in [0, 0.05) is 11.4 Å². The van der Waals surface area contributed by atoms with E-state index >= 15 is 0 Å². The van der Waals surface area contributed by atoms with E-state index in [0.29, 0.717) is 10.5 Å². The first-order chi connectivity index (χ1) is 11.9. The Morgan fingerprint density at radius 1 is 1.32 bits per heavy atom. The van der Waals surface area contributed by atoms with Gasteiger partial charge in [0.2, 0.25) is 4.80 Å². The number of aromatic nitrogens is 1. The lowest BCUT2D eigenvalue weighted by Crippen LogP contribution is -2.11. The lowest BCUT2D eigenvalue weighted by Gasteiger charge is -1.98. The van der Waals surface area contributed by atoms with Crippen molar-refractivity contribution in [2.75, 3.05) is 0 Å². The topological polar surface area (TPSA) is 85.9 Å². The molecule has 0 aliphatic heterocycles. The van der Waals surface area contributed by atoms with Crippen LogP contribution in [-0.4, -0.2) is 15.8 Å². The normalized spacial score (nSPS) is 12.2. The van der Waals surface area contributed by atoms with Gasteiger partial charge in [0.25, 0.3) is 0 Å². The van der Waals surface area contributed by atoms with E-state index in [1.54, 1.807) is 12.3 Å². The molecule has 0 unspecified atom stereocenters. The third kappa shape index (κ3) is 3.69. The Bertz CT molecular complexity index is 1040. The number of rotatable bonds is 4. The van der Waals surface area contributed by atoms with Crippen molar-refractivity contribution in [2.45, 2.75) is 6.92 Å². The van der Waals surface area contributed by atoms with Gasteiger partial charge < -0.3 is 4.42 Å². The highest BCUT2D eigenvalue weighted by atomic mass is 32.1. The van der Waals surface area contributed by atoms with E-state index < -0.39 is 22.4 Å². The largest absolute Gasteiger partial charge is 0.433 e. The first-order valence-electron chi connectivity index (χ1n) is 6.89. The van der Waals surface area contributed by atoms with Gasteiger partial charge >= 0.3 is 5.88 Å². The first-order valence-corrected chi connectivity index (χ1v) is 7.77. The zero-order valence-corrected chi connectivity index (χ0v) is 13.5. The quantitative estimate of drug-likeness (QED) is 0.401. The molecule has 0 N–H and O–H groups in total. The molecular weight excluding hydrogens is 354 g/mol. The molecule has 0 spiro atoms. The van der Waals surface area contributed by atoms with Crippen LogP contribution < -0.4 is 4.80 Å². The molecule has 3 aromatic rings. The highest BCUT2D eigenvalue weighted by Crippen LogP contribution is 2.18. The molecule has 128 valence electrons. The molecule has 1 aromatic carbocycles. The second kappa shape index (κ2) is 6.77. The van der Waals surface area contributed by atoms with Crippen LogP contribution >= 0.6 is 11.3 Å². The van der Waals surface area contributed by atoms with Crippen molar-refractivity contribution in [1.82, 2.24) is 4.68 Å². The molecule has 2 aromatic heterocycles. The van der Waals surface area contributed by atoms with Gasteiger partial charge in [-0.2, -0.15) is 5.10 Å². The molecule has 0 amide bonds. The number of hydrogen-bond donors (Lipinski definition) is 0. The summed E-state index contributed by atoms with van der Waals surface area (Å²) >= 11 is 1.21. The number of halogens is 2. The van der Waals surface area contributed by atoms with Crippen molar-refractivity contribution in [1.29, 1.82) is 0 Å². The van der Waals surface area contributed by atoms with E-state index in [1.807, 2.05) is 0 Å². The Morgan fingerprint density at radius 2 is 2.12 bits per heavy atom. The Kier molecular flexibility index (Phi) is 4.52. The summed E-state index contributed by atoms with van der Waals surface area (Å²) < 4.78 is 33.1. The Balaban J connectivity index is 1.97. The minimum atomic E-state index is -0.789. The van der Waals surface area contributed by atoms with Gasteiger partial charge in [-0.3, -0.25) is 10.1 Å². The maximum absolute atomic E-state index is 13.7. The van der Waals surface area contributed by atoms with Crippen molar-refractivity contribution in [2.24, 2.45) is 10.1 Å². The fraction of sp³-hybridized carbons (Fsp3) is 0.0667. The second-order valence-electron chi connectivity index (χ2n) is 4.86. The smallest absolute Gasteiger partial charge is 0.400 e. The molecule has 10 heteroatoms. The van der Waals surface area contributed by atoms with Crippen molar-refractivity contribution in [3.8, 4) is 0 Å². The summed E-state index contributed by atoms with van der Waals surface area (Å²) in [6.07, 6.45) is 1.28. The highest BCUT2D eigenvalue weighted by molar-refractivity contribution is 7.07. The van der Waals surface area contributed by atoms with E-state index in [0.717, 1.165) is 12.1 Å². The summed E-state index contributed by atoms with van der Waals surface area (Å²) in [6, 6.07) is 5.70. The van der Waals surface area contributed by atoms with Gasteiger partial charge in [0.05, 0.1) is 18.0 Å². The number of furan rings is 1. The SMILES string of the molecule is Cc1csc(=Nc2ccc(F)cc2F)n1N=Cc1ccc([N+](=O)[O-])o1. The summed E-state index contributed by atoms with van der Waals surface area (Å²) in [5.74, 6) is -1.69. The van der Waals surface area contributed by atoms with Crippen LogP contribution in [0.4, 0.5) is 20.4 Å². The predicted molar refractivity (Wildman–Crippen MR) is 87.0 cm³/mol. The fourth-order valence-corrected chi connectivity index (χ4v) is 2.72. The number of benzene rings is 1. The van der Waals surface area contributed by atoms with Crippen LogP contribution in [0.5, 0.6) is 0 Å². The summed E-state index contributed by atoms with van der Waals surface area (Å²) in [5.41, 5.74) is 0.685. The van der Waals surface area contributed by atoms with Crippen LogP contribution in [-0.2, 0) is 0 Å². The van der Waals surface area contributed by atoms with E-state index in [1.165, 1.54) is 40.4 Å². The molecule has 0 fully saturated rings. The second-order valence-corrected chi connectivity index (χ2v) is 5.69. The number of aryl methyl sites for hydroxylation is 1. The average molecular weight is 364 g/mol. The molecule has 0 radical (unpaired) electrons. The third-order valence-corrected chi connectivity index (χ3v) is 4.00. The van der Waals surface area contributed by atoms with Gasteiger partial charge in [-0.1, -0.05) is 0 Å². The molecule has 0 saturated heterocycles. The van der Waals surface area contributed by atoms with E-state index in [9.17, 15) is 18.9 Å². The van der Waals surface area contributed by atoms with E-state index in [2.05, 4.69) is 10.1 Å². The molecule has 25 heavy (non-hydrogen) atoms. The minimum Gasteiger partial charge on any atom is -0.400 e. The standard InChI is InChI=1S/C15H10F2N4O3S/c1-9-8-25-15(19-13-4-2-10(16)6-12(13)17)20(9)18-7-11-3-5-14(24-11)21(22)23/h2-8H,1H3. The van der Waals surface area contributed by atoms with Crippen LogP contribution in [0.25, 0.3) is 0 Å². The summed E-state index contributed by atoms with van der Waals surface area (Å²) in [6.45, 7) is 1.76. The Hall–Kier alpha value is -3.14. The zero-order valence-electron chi connectivity index (χ0n) is 12.7. The fourth-order valence-electron chi connectivity index (χ4n) is 1.90. The predicted octanol–water partition coefficient (Wildman–Crippen LogP) is 3.75. The Labute approximate surface area is 143 Å². The molecule has 0 atom stereocenters. The zero-order chi connectivity index (χ0) is 18.0. The molecule has 0 aliphatic rings.